The van der Waals surface area contributed by atoms with Gasteiger partial charge in [0.25, 0.3) is 0 Å². The Labute approximate surface area is 175 Å². The summed E-state index contributed by atoms with van der Waals surface area (Å²) in [5.74, 6) is 1.08. The fraction of sp³-hybridized carbons (Fsp3) is 0.545. The maximum absolute atomic E-state index is 12.4. The average Bonchev–Trinajstić information content (AvgIpc) is 3.10. The maximum Gasteiger partial charge on any atom is 0.319 e. The largest absolute Gasteiger partial charge is 0.459 e. The Hall–Kier alpha value is -2.23. The molecule has 0 bridgehead atoms. The molecule has 3 aliphatic rings. The molecule has 2 fully saturated rings. The molecule has 2 aromatic rings. The molecule has 3 heterocycles. The molecule has 0 radical (unpaired) electrons. The predicted octanol–water partition coefficient (Wildman–Crippen LogP) is 5.12. The van der Waals surface area contributed by atoms with Crippen LogP contribution in [0, 0.1) is 17.2 Å². The number of hydrogen-bond donors (Lipinski definition) is 2. The molecule has 6 nitrogen and oxygen atoms in total. The molecule has 2 N–H and O–H groups in total. The van der Waals surface area contributed by atoms with Crippen LogP contribution in [0.2, 0.25) is 5.02 Å². The summed E-state index contributed by atoms with van der Waals surface area (Å²) < 4.78 is 6.38. The number of benzene rings is 1. The number of carbonyl (C=O) groups is 1. The van der Waals surface area contributed by atoms with Crippen molar-refractivity contribution in [1.29, 1.82) is 5.26 Å². The van der Waals surface area contributed by atoms with Gasteiger partial charge in [0.1, 0.15) is 11.3 Å². The van der Waals surface area contributed by atoms with Crippen LogP contribution in [0.3, 0.4) is 0 Å². The number of piperidine rings is 1. The van der Waals surface area contributed by atoms with Crippen molar-refractivity contribution in [2.45, 2.75) is 57.0 Å². The van der Waals surface area contributed by atoms with E-state index in [-0.39, 0.29) is 11.9 Å². The van der Waals surface area contributed by atoms with Gasteiger partial charge < -0.3 is 15.1 Å². The molecule has 1 aliphatic carbocycles. The van der Waals surface area contributed by atoms with Gasteiger partial charge in [0, 0.05) is 16.9 Å². The number of carbonyl (C=O) groups excluding carboxylic acids is 1. The molecule has 1 spiro atoms. The molecule has 1 aromatic carbocycles. The molecule has 7 heteroatoms. The zero-order valence-electron chi connectivity index (χ0n) is 16.4. The first-order chi connectivity index (χ1) is 14.1. The van der Waals surface area contributed by atoms with E-state index in [9.17, 15) is 4.79 Å². The normalized spacial score (nSPS) is 22.1. The van der Waals surface area contributed by atoms with Crippen LogP contribution in [-0.2, 0) is 12.1 Å². The van der Waals surface area contributed by atoms with E-state index in [1.54, 1.807) is 0 Å². The molecule has 5 rings (SSSR count). The highest BCUT2D eigenvalue weighted by Crippen LogP contribution is 2.49. The predicted molar refractivity (Wildman–Crippen MR) is 112 cm³/mol. The standard InChI is InChI=1S/C22H25ClN4O2/c23-17-11-15-10-16(13-27-8-4-14(12-24)5-9-27)29-20(15)18-19(17)25-21(28)26-22(18)6-2-1-3-7-22/h10-11,14H,1-9,13H2,(H2,25,26,28). The lowest BCUT2D eigenvalue weighted by molar-refractivity contribution is 0.186. The number of likely N-dealkylation sites (tertiary alicyclic amines) is 1. The van der Waals surface area contributed by atoms with Crippen LogP contribution in [0.4, 0.5) is 10.5 Å². The van der Waals surface area contributed by atoms with Crippen molar-refractivity contribution in [2.75, 3.05) is 18.4 Å². The second-order valence-corrected chi connectivity index (χ2v) is 9.05. The first-order valence-electron chi connectivity index (χ1n) is 10.5. The van der Waals surface area contributed by atoms with Crippen LogP contribution >= 0.6 is 11.6 Å². The highest BCUT2D eigenvalue weighted by Gasteiger charge is 2.43. The molecule has 2 amide bonds. The van der Waals surface area contributed by atoms with Crippen molar-refractivity contribution >= 4 is 34.3 Å². The van der Waals surface area contributed by atoms with Crippen LogP contribution < -0.4 is 10.6 Å². The third kappa shape index (κ3) is 3.27. The summed E-state index contributed by atoms with van der Waals surface area (Å²) in [6, 6.07) is 6.16. The first-order valence-corrected chi connectivity index (χ1v) is 10.9. The van der Waals surface area contributed by atoms with Crippen molar-refractivity contribution in [3.63, 3.8) is 0 Å². The second kappa shape index (κ2) is 7.23. The Bertz CT molecular complexity index is 994. The third-order valence-electron chi connectivity index (χ3n) is 6.74. The van der Waals surface area contributed by atoms with Gasteiger partial charge in [-0.3, -0.25) is 4.90 Å². The molecule has 1 saturated carbocycles. The number of fused-ring (bicyclic) bond motifs is 4. The molecular formula is C22H25ClN4O2. The number of anilines is 1. The van der Waals surface area contributed by atoms with Crippen LogP contribution in [0.15, 0.2) is 16.5 Å². The van der Waals surface area contributed by atoms with Gasteiger partial charge in [-0.1, -0.05) is 30.9 Å². The van der Waals surface area contributed by atoms with Gasteiger partial charge in [-0.2, -0.15) is 5.26 Å². The fourth-order valence-electron chi connectivity index (χ4n) is 5.25. The second-order valence-electron chi connectivity index (χ2n) is 8.64. The van der Waals surface area contributed by atoms with Gasteiger partial charge in [0.15, 0.2) is 0 Å². The minimum absolute atomic E-state index is 0.175. The Morgan fingerprint density at radius 1 is 1.24 bits per heavy atom. The smallest absolute Gasteiger partial charge is 0.319 e. The first kappa shape index (κ1) is 18.8. The van der Waals surface area contributed by atoms with Crippen molar-refractivity contribution in [2.24, 2.45) is 5.92 Å². The summed E-state index contributed by atoms with van der Waals surface area (Å²) in [5, 5.41) is 16.8. The van der Waals surface area contributed by atoms with E-state index in [0.717, 1.165) is 80.5 Å². The Morgan fingerprint density at radius 2 is 2.00 bits per heavy atom. The minimum Gasteiger partial charge on any atom is -0.459 e. The molecule has 0 unspecified atom stereocenters. The van der Waals surface area contributed by atoms with Crippen molar-refractivity contribution in [3.05, 3.63) is 28.5 Å². The summed E-state index contributed by atoms with van der Waals surface area (Å²) in [4.78, 5) is 14.7. The van der Waals surface area contributed by atoms with E-state index in [4.69, 9.17) is 21.3 Å². The van der Waals surface area contributed by atoms with Crippen molar-refractivity contribution in [1.82, 2.24) is 10.2 Å². The molecule has 152 valence electrons. The topological polar surface area (TPSA) is 81.3 Å². The van der Waals surface area contributed by atoms with E-state index >= 15 is 0 Å². The lowest BCUT2D eigenvalue weighted by Gasteiger charge is -2.42. The van der Waals surface area contributed by atoms with Crippen LogP contribution in [-0.4, -0.2) is 24.0 Å². The number of urea groups is 1. The van der Waals surface area contributed by atoms with Gasteiger partial charge in [0.05, 0.1) is 28.9 Å². The van der Waals surface area contributed by atoms with Gasteiger partial charge >= 0.3 is 6.03 Å². The van der Waals surface area contributed by atoms with E-state index in [2.05, 4.69) is 27.7 Å². The summed E-state index contributed by atoms with van der Waals surface area (Å²) in [7, 11) is 0. The van der Waals surface area contributed by atoms with Crippen molar-refractivity contribution < 1.29 is 9.21 Å². The molecule has 1 aromatic heterocycles. The highest BCUT2D eigenvalue weighted by atomic mass is 35.5. The summed E-state index contributed by atoms with van der Waals surface area (Å²) in [6.07, 6.45) is 6.98. The number of nitriles is 1. The number of nitrogens with one attached hydrogen (secondary N) is 2. The molecule has 0 atom stereocenters. The monoisotopic (exact) mass is 412 g/mol. The Balaban J connectivity index is 1.53. The number of furan rings is 1. The average molecular weight is 413 g/mol. The summed E-state index contributed by atoms with van der Waals surface area (Å²) >= 11 is 6.60. The Kier molecular flexibility index (Phi) is 4.68. The van der Waals surface area contributed by atoms with Crippen molar-refractivity contribution in [3.8, 4) is 6.07 Å². The zero-order valence-corrected chi connectivity index (χ0v) is 17.1. The molecule has 2 aliphatic heterocycles. The van der Waals surface area contributed by atoms with Gasteiger partial charge in [-0.15, -0.1) is 0 Å². The molecule has 29 heavy (non-hydrogen) atoms. The SMILES string of the molecule is N#CC1CCN(Cc2cc3cc(Cl)c4c(c3o2)C2(CCCCC2)NC(=O)N4)CC1. The lowest BCUT2D eigenvalue weighted by atomic mass is 9.74. The minimum atomic E-state index is -0.403. The summed E-state index contributed by atoms with van der Waals surface area (Å²) in [6.45, 7) is 2.55. The quantitative estimate of drug-likeness (QED) is 0.717. The van der Waals surface area contributed by atoms with E-state index in [1.807, 2.05) is 6.07 Å². The van der Waals surface area contributed by atoms with Crippen LogP contribution in [0.1, 0.15) is 56.3 Å². The van der Waals surface area contributed by atoms with E-state index in [0.29, 0.717) is 10.7 Å². The number of nitrogens with zero attached hydrogens (tertiary/aromatic N) is 2. The highest BCUT2D eigenvalue weighted by molar-refractivity contribution is 6.35. The number of halogens is 1. The third-order valence-corrected chi connectivity index (χ3v) is 7.03. The van der Waals surface area contributed by atoms with Crippen LogP contribution in [0.25, 0.3) is 11.0 Å². The zero-order chi connectivity index (χ0) is 20.0. The number of amides is 2. The number of hydrogen-bond acceptors (Lipinski definition) is 4. The lowest BCUT2D eigenvalue weighted by Crippen LogP contribution is -2.52. The maximum atomic E-state index is 12.4. The fourth-order valence-corrected chi connectivity index (χ4v) is 5.51. The van der Waals surface area contributed by atoms with Gasteiger partial charge in [-0.05, 0) is 50.9 Å². The van der Waals surface area contributed by atoms with E-state index < -0.39 is 5.54 Å². The molecule has 1 saturated heterocycles. The van der Waals surface area contributed by atoms with Gasteiger partial charge in [-0.25, -0.2) is 4.79 Å². The summed E-state index contributed by atoms with van der Waals surface area (Å²) in [5.41, 5.74) is 2.13. The number of rotatable bonds is 2. The van der Waals surface area contributed by atoms with Gasteiger partial charge in [0.2, 0.25) is 0 Å². The van der Waals surface area contributed by atoms with E-state index in [1.165, 1.54) is 6.42 Å². The molecular weight excluding hydrogens is 388 g/mol. The van der Waals surface area contributed by atoms with Crippen LogP contribution in [0.5, 0.6) is 0 Å². The Morgan fingerprint density at radius 3 is 2.72 bits per heavy atom.